The third-order valence-electron chi connectivity index (χ3n) is 3.72. The third-order valence-corrected chi connectivity index (χ3v) is 3.72. The molecule has 0 aliphatic carbocycles. The Morgan fingerprint density at radius 2 is 1.82 bits per heavy atom. The third kappa shape index (κ3) is 5.61. The molecule has 7 heteroatoms. The van der Waals surface area contributed by atoms with Crippen molar-refractivity contribution >= 4 is 30.0 Å². The average Bonchev–Trinajstić information content (AvgIpc) is 2.48. The van der Waals surface area contributed by atoms with Gasteiger partial charge in [-0.2, -0.15) is 0 Å². The van der Waals surface area contributed by atoms with Crippen LogP contribution in [0, 0.1) is 11.7 Å². The molecule has 0 unspecified atom stereocenters. The highest BCUT2D eigenvalue weighted by molar-refractivity contribution is 5.90. The van der Waals surface area contributed by atoms with Gasteiger partial charge in [0.05, 0.1) is 5.92 Å². The summed E-state index contributed by atoms with van der Waals surface area (Å²) in [7, 11) is 0. The van der Waals surface area contributed by atoms with Gasteiger partial charge in [0, 0.05) is 18.7 Å². The summed E-state index contributed by atoms with van der Waals surface area (Å²) in [5.41, 5.74) is 0.575. The van der Waals surface area contributed by atoms with Gasteiger partial charge < -0.3 is 15.3 Å². The number of nitrogens with zero attached hydrogens (tertiary/aromatic N) is 1. The van der Waals surface area contributed by atoms with Crippen molar-refractivity contribution in [2.24, 2.45) is 5.92 Å². The Morgan fingerprint density at radius 1 is 1.23 bits per heavy atom. The number of piperidine rings is 1. The Balaban J connectivity index is 0.00000242. The van der Waals surface area contributed by atoms with Crippen LogP contribution in [0.15, 0.2) is 24.3 Å². The van der Waals surface area contributed by atoms with E-state index < -0.39 is 5.97 Å². The standard InChI is InChI=1S/C15H19FN2O3.ClH/c16-12-1-3-13(4-2-12)17-14(19)7-10-18-8-5-11(6-9-18)15(20)21;/h1-4,11H,5-10H2,(H,17,19)(H,20,21);1H. The largest absolute Gasteiger partial charge is 0.481 e. The number of carboxylic acids is 1. The second-order valence-electron chi connectivity index (χ2n) is 5.26. The van der Waals surface area contributed by atoms with Crippen LogP contribution in [0.5, 0.6) is 0 Å². The summed E-state index contributed by atoms with van der Waals surface area (Å²) < 4.78 is 12.7. The number of carboxylic acid groups (broad SMARTS) is 1. The normalized spacial score (nSPS) is 15.9. The van der Waals surface area contributed by atoms with Crippen LogP contribution in [-0.2, 0) is 9.59 Å². The minimum absolute atomic E-state index is 0. The minimum Gasteiger partial charge on any atom is -0.481 e. The van der Waals surface area contributed by atoms with Crippen LogP contribution < -0.4 is 5.32 Å². The van der Waals surface area contributed by atoms with Gasteiger partial charge in [0.2, 0.25) is 5.91 Å². The number of hydrogen-bond donors (Lipinski definition) is 2. The van der Waals surface area contributed by atoms with Crippen LogP contribution in [-0.4, -0.2) is 41.5 Å². The molecule has 1 amide bonds. The monoisotopic (exact) mass is 330 g/mol. The average molecular weight is 331 g/mol. The highest BCUT2D eigenvalue weighted by Crippen LogP contribution is 2.17. The van der Waals surface area contributed by atoms with Gasteiger partial charge in [-0.25, -0.2) is 4.39 Å². The number of likely N-dealkylation sites (tertiary alicyclic amines) is 1. The summed E-state index contributed by atoms with van der Waals surface area (Å²) in [5.74, 6) is -1.45. The van der Waals surface area contributed by atoms with E-state index in [0.717, 1.165) is 0 Å². The molecule has 122 valence electrons. The molecule has 0 atom stereocenters. The zero-order valence-electron chi connectivity index (χ0n) is 12.1. The summed E-state index contributed by atoms with van der Waals surface area (Å²) in [6.07, 6.45) is 1.61. The first kappa shape index (κ1) is 18.4. The fraction of sp³-hybridized carbons (Fsp3) is 0.467. The molecule has 1 aromatic rings. The lowest BCUT2D eigenvalue weighted by atomic mass is 9.97. The van der Waals surface area contributed by atoms with Gasteiger partial charge in [0.1, 0.15) is 5.82 Å². The Labute approximate surface area is 134 Å². The number of benzene rings is 1. The maximum Gasteiger partial charge on any atom is 0.306 e. The lowest BCUT2D eigenvalue weighted by Crippen LogP contribution is -2.37. The molecular weight excluding hydrogens is 311 g/mol. The van der Waals surface area contributed by atoms with Crippen molar-refractivity contribution in [1.29, 1.82) is 0 Å². The number of rotatable bonds is 5. The molecule has 2 N–H and O–H groups in total. The van der Waals surface area contributed by atoms with Crippen molar-refractivity contribution in [3.05, 3.63) is 30.1 Å². The quantitative estimate of drug-likeness (QED) is 0.869. The van der Waals surface area contributed by atoms with Crippen LogP contribution in [0.2, 0.25) is 0 Å². The second kappa shape index (κ2) is 8.70. The first-order valence-electron chi connectivity index (χ1n) is 7.05. The topological polar surface area (TPSA) is 69.6 Å². The molecule has 0 spiro atoms. The van der Waals surface area contributed by atoms with Gasteiger partial charge in [-0.05, 0) is 50.2 Å². The first-order valence-corrected chi connectivity index (χ1v) is 7.05. The van der Waals surface area contributed by atoms with Crippen molar-refractivity contribution in [2.75, 3.05) is 25.0 Å². The van der Waals surface area contributed by atoms with Gasteiger partial charge in [0.15, 0.2) is 0 Å². The fourth-order valence-electron chi connectivity index (χ4n) is 2.42. The lowest BCUT2D eigenvalue weighted by molar-refractivity contribution is -0.143. The van der Waals surface area contributed by atoms with Crippen molar-refractivity contribution in [2.45, 2.75) is 19.3 Å². The van der Waals surface area contributed by atoms with Crippen molar-refractivity contribution < 1.29 is 19.1 Å². The Bertz CT molecular complexity index is 502. The smallest absolute Gasteiger partial charge is 0.306 e. The van der Waals surface area contributed by atoms with E-state index in [-0.39, 0.29) is 30.0 Å². The van der Waals surface area contributed by atoms with Crippen LogP contribution >= 0.6 is 12.4 Å². The molecule has 22 heavy (non-hydrogen) atoms. The highest BCUT2D eigenvalue weighted by atomic mass is 35.5. The molecule has 1 aromatic carbocycles. The number of amides is 1. The minimum atomic E-state index is -0.733. The molecule has 1 aliphatic rings. The van der Waals surface area contributed by atoms with Crippen LogP contribution in [0.3, 0.4) is 0 Å². The van der Waals surface area contributed by atoms with Crippen LogP contribution in [0.25, 0.3) is 0 Å². The van der Waals surface area contributed by atoms with E-state index in [4.69, 9.17) is 5.11 Å². The molecule has 0 bridgehead atoms. The molecule has 0 aromatic heterocycles. The van der Waals surface area contributed by atoms with Gasteiger partial charge in [-0.1, -0.05) is 0 Å². The highest BCUT2D eigenvalue weighted by Gasteiger charge is 2.24. The summed E-state index contributed by atoms with van der Waals surface area (Å²) in [4.78, 5) is 24.7. The molecule has 1 fully saturated rings. The number of carbonyl (C=O) groups excluding carboxylic acids is 1. The van der Waals surface area contributed by atoms with E-state index in [0.29, 0.717) is 44.6 Å². The van der Waals surface area contributed by atoms with E-state index in [1.165, 1.54) is 24.3 Å². The van der Waals surface area contributed by atoms with Crippen LogP contribution in [0.4, 0.5) is 10.1 Å². The van der Waals surface area contributed by atoms with Crippen molar-refractivity contribution in [3.63, 3.8) is 0 Å². The number of anilines is 1. The molecule has 1 aliphatic heterocycles. The van der Waals surface area contributed by atoms with Crippen molar-refractivity contribution in [1.82, 2.24) is 4.90 Å². The molecular formula is C15H20ClFN2O3. The zero-order chi connectivity index (χ0) is 15.2. The second-order valence-corrected chi connectivity index (χ2v) is 5.26. The number of hydrogen-bond acceptors (Lipinski definition) is 3. The van der Waals surface area contributed by atoms with Crippen LogP contribution in [0.1, 0.15) is 19.3 Å². The Morgan fingerprint density at radius 3 is 2.36 bits per heavy atom. The van der Waals surface area contributed by atoms with E-state index in [1.54, 1.807) is 0 Å². The van der Waals surface area contributed by atoms with Gasteiger partial charge >= 0.3 is 5.97 Å². The fourth-order valence-corrected chi connectivity index (χ4v) is 2.42. The molecule has 5 nitrogen and oxygen atoms in total. The summed E-state index contributed by atoms with van der Waals surface area (Å²) in [5, 5.41) is 11.6. The van der Waals surface area contributed by atoms with Crippen molar-refractivity contribution in [3.8, 4) is 0 Å². The molecule has 1 heterocycles. The molecule has 0 radical (unpaired) electrons. The predicted octanol–water partition coefficient (Wildman–Crippen LogP) is 2.37. The zero-order valence-corrected chi connectivity index (χ0v) is 12.9. The molecule has 1 saturated heterocycles. The predicted molar refractivity (Wildman–Crippen MR) is 83.7 cm³/mol. The number of nitrogens with one attached hydrogen (secondary N) is 1. The number of carbonyl (C=O) groups is 2. The lowest BCUT2D eigenvalue weighted by Gasteiger charge is -2.29. The van der Waals surface area contributed by atoms with E-state index in [9.17, 15) is 14.0 Å². The SMILES string of the molecule is Cl.O=C(CCN1CCC(C(=O)O)CC1)Nc1ccc(F)cc1. The first-order chi connectivity index (χ1) is 10.0. The number of halogens is 2. The number of aliphatic carboxylic acids is 1. The Hall–Kier alpha value is -1.66. The molecule has 2 rings (SSSR count). The summed E-state index contributed by atoms with van der Waals surface area (Å²) in [6.45, 7) is 2.03. The Kier molecular flexibility index (Phi) is 7.27. The maximum atomic E-state index is 12.7. The molecule has 0 saturated carbocycles. The van der Waals surface area contributed by atoms with Gasteiger partial charge in [-0.3, -0.25) is 9.59 Å². The maximum absolute atomic E-state index is 12.7. The van der Waals surface area contributed by atoms with E-state index in [2.05, 4.69) is 10.2 Å². The van der Waals surface area contributed by atoms with E-state index in [1.807, 2.05) is 0 Å². The summed E-state index contributed by atoms with van der Waals surface area (Å²) in [6, 6.07) is 5.63. The van der Waals surface area contributed by atoms with Gasteiger partial charge in [-0.15, -0.1) is 12.4 Å². The van der Waals surface area contributed by atoms with E-state index >= 15 is 0 Å². The summed E-state index contributed by atoms with van der Waals surface area (Å²) >= 11 is 0. The van der Waals surface area contributed by atoms with Gasteiger partial charge in [0.25, 0.3) is 0 Å².